The number of carboxylic acids is 1. The van der Waals surface area contributed by atoms with Gasteiger partial charge in [-0.2, -0.15) is 0 Å². The summed E-state index contributed by atoms with van der Waals surface area (Å²) in [7, 11) is 0. The number of rotatable bonds is 3. The van der Waals surface area contributed by atoms with Gasteiger partial charge >= 0.3 is 5.97 Å². The number of hydrogen-bond acceptors (Lipinski definition) is 4. The van der Waals surface area contributed by atoms with E-state index < -0.39 is 17.9 Å². The van der Waals surface area contributed by atoms with Gasteiger partial charge in [-0.25, -0.2) is 4.98 Å². The summed E-state index contributed by atoms with van der Waals surface area (Å²) in [5, 5.41) is 9.38. The molecule has 0 spiro atoms. The van der Waals surface area contributed by atoms with E-state index in [-0.39, 0.29) is 17.2 Å². The second-order valence-corrected chi connectivity index (χ2v) is 4.79. The van der Waals surface area contributed by atoms with Crippen LogP contribution in [-0.4, -0.2) is 21.0 Å². The highest BCUT2D eigenvalue weighted by Crippen LogP contribution is 2.26. The number of H-pyrrole nitrogens is 1. The van der Waals surface area contributed by atoms with Crippen molar-refractivity contribution in [2.45, 2.75) is 6.42 Å². The minimum absolute atomic E-state index is 0.0821. The molecule has 20 heavy (non-hydrogen) atoms. The van der Waals surface area contributed by atoms with E-state index in [1.807, 2.05) is 0 Å². The zero-order valence-corrected chi connectivity index (χ0v) is 11.5. The molecule has 2 rings (SSSR count). The van der Waals surface area contributed by atoms with Gasteiger partial charge in [0, 0.05) is 5.56 Å². The maximum atomic E-state index is 11.8. The Kier molecular flexibility index (Phi) is 3.96. The van der Waals surface area contributed by atoms with Gasteiger partial charge in [0.25, 0.3) is 5.56 Å². The van der Waals surface area contributed by atoms with Gasteiger partial charge < -0.3 is 15.8 Å². The van der Waals surface area contributed by atoms with Crippen molar-refractivity contribution in [3.63, 3.8) is 0 Å². The molecule has 6 nitrogen and oxygen atoms in total. The Morgan fingerprint density at radius 2 is 2.05 bits per heavy atom. The third-order valence-corrected chi connectivity index (χ3v) is 3.31. The number of aromatic nitrogens is 2. The molecule has 2 aromatic rings. The fraction of sp³-hybridized carbons (Fsp3) is 0.0833. The summed E-state index contributed by atoms with van der Waals surface area (Å²) in [5.74, 6) is -1.09. The first-order valence-electron chi connectivity index (χ1n) is 5.44. The minimum atomic E-state index is -1.16. The Balaban J connectivity index is 2.52. The van der Waals surface area contributed by atoms with E-state index in [1.165, 1.54) is 6.07 Å². The van der Waals surface area contributed by atoms with Crippen LogP contribution in [0.25, 0.3) is 11.4 Å². The van der Waals surface area contributed by atoms with Gasteiger partial charge in [-0.05, 0) is 18.2 Å². The smallest absolute Gasteiger partial charge is 0.308 e. The maximum absolute atomic E-state index is 11.8. The quantitative estimate of drug-likeness (QED) is 0.802. The zero-order valence-electron chi connectivity index (χ0n) is 9.98. The Labute approximate surface area is 123 Å². The first-order chi connectivity index (χ1) is 9.38. The van der Waals surface area contributed by atoms with Crippen molar-refractivity contribution in [2.75, 3.05) is 5.73 Å². The number of nitrogens with two attached hydrogens (primary N) is 1. The Morgan fingerprint density at radius 3 is 2.60 bits per heavy atom. The Morgan fingerprint density at radius 1 is 1.35 bits per heavy atom. The van der Waals surface area contributed by atoms with Gasteiger partial charge in [0.2, 0.25) is 0 Å². The summed E-state index contributed by atoms with van der Waals surface area (Å²) in [4.78, 5) is 28.9. The van der Waals surface area contributed by atoms with Crippen molar-refractivity contribution in [2.24, 2.45) is 0 Å². The Hall–Kier alpha value is -2.05. The second kappa shape index (κ2) is 5.52. The van der Waals surface area contributed by atoms with E-state index >= 15 is 0 Å². The normalized spacial score (nSPS) is 10.5. The van der Waals surface area contributed by atoms with E-state index in [1.54, 1.807) is 12.1 Å². The van der Waals surface area contributed by atoms with Crippen LogP contribution in [-0.2, 0) is 11.2 Å². The lowest BCUT2D eigenvalue weighted by molar-refractivity contribution is -0.136. The molecule has 0 saturated carbocycles. The number of anilines is 1. The molecule has 0 aliphatic rings. The third-order valence-electron chi connectivity index (χ3n) is 2.57. The van der Waals surface area contributed by atoms with E-state index in [2.05, 4.69) is 9.97 Å². The van der Waals surface area contributed by atoms with Crippen LogP contribution in [0.15, 0.2) is 23.0 Å². The molecule has 0 saturated heterocycles. The summed E-state index contributed by atoms with van der Waals surface area (Å²) in [6, 6.07) is 4.70. The zero-order chi connectivity index (χ0) is 14.9. The molecule has 104 valence electrons. The molecule has 0 aliphatic carbocycles. The topological polar surface area (TPSA) is 109 Å². The minimum Gasteiger partial charge on any atom is -0.481 e. The average Bonchev–Trinajstić information content (AvgIpc) is 2.36. The number of hydrogen-bond donors (Lipinski definition) is 3. The van der Waals surface area contributed by atoms with E-state index in [0.717, 1.165) is 0 Å². The molecule has 0 amide bonds. The molecular weight excluding hydrogens is 305 g/mol. The molecule has 0 unspecified atom stereocenters. The van der Waals surface area contributed by atoms with Gasteiger partial charge in [0.15, 0.2) is 0 Å². The third kappa shape index (κ3) is 2.92. The molecule has 0 radical (unpaired) electrons. The molecule has 1 aromatic heterocycles. The van der Waals surface area contributed by atoms with Gasteiger partial charge in [-0.3, -0.25) is 9.59 Å². The summed E-state index contributed by atoms with van der Waals surface area (Å²) in [5.41, 5.74) is 5.46. The highest BCUT2D eigenvalue weighted by Gasteiger charge is 2.13. The predicted molar refractivity (Wildman–Crippen MR) is 76.1 cm³/mol. The summed E-state index contributed by atoms with van der Waals surface area (Å²) in [6.45, 7) is 0. The van der Waals surface area contributed by atoms with Crippen LogP contribution >= 0.6 is 23.2 Å². The summed E-state index contributed by atoms with van der Waals surface area (Å²) >= 11 is 11.7. The van der Waals surface area contributed by atoms with Crippen LogP contribution in [0.2, 0.25) is 10.0 Å². The summed E-state index contributed by atoms with van der Waals surface area (Å²) < 4.78 is 0. The number of aromatic amines is 1. The molecule has 8 heteroatoms. The number of carboxylic acid groups (broad SMARTS) is 1. The first-order valence-corrected chi connectivity index (χ1v) is 6.20. The molecule has 1 aromatic carbocycles. The number of halogens is 2. The van der Waals surface area contributed by atoms with Gasteiger partial charge in [-0.15, -0.1) is 0 Å². The number of nitrogens with one attached hydrogen (secondary N) is 1. The molecule has 1 heterocycles. The fourth-order valence-corrected chi connectivity index (χ4v) is 1.92. The standard InChI is InChI=1S/C12H9Cl2N3O3/c13-7-2-1-5(3-8(7)14)11-16-10(15)6(4-9(18)19)12(20)17-11/h1-3H,4H2,(H,18,19)(H3,15,16,17,20). The summed E-state index contributed by atoms with van der Waals surface area (Å²) in [6.07, 6.45) is -0.490. The van der Waals surface area contributed by atoms with Crippen molar-refractivity contribution in [1.82, 2.24) is 9.97 Å². The largest absolute Gasteiger partial charge is 0.481 e. The highest BCUT2D eigenvalue weighted by atomic mass is 35.5. The van der Waals surface area contributed by atoms with Crippen molar-refractivity contribution in [3.05, 3.63) is 44.2 Å². The molecule has 0 atom stereocenters. The van der Waals surface area contributed by atoms with Crippen LogP contribution in [0, 0.1) is 0 Å². The number of aliphatic carboxylic acids is 1. The van der Waals surface area contributed by atoms with Crippen LogP contribution in [0.4, 0.5) is 5.82 Å². The van der Waals surface area contributed by atoms with Crippen molar-refractivity contribution >= 4 is 35.0 Å². The van der Waals surface area contributed by atoms with E-state index in [0.29, 0.717) is 15.6 Å². The second-order valence-electron chi connectivity index (χ2n) is 3.98. The lowest BCUT2D eigenvalue weighted by Gasteiger charge is -2.06. The molecule has 0 bridgehead atoms. The van der Waals surface area contributed by atoms with Gasteiger partial charge in [0.05, 0.1) is 22.0 Å². The number of nitrogen functional groups attached to an aromatic ring is 1. The van der Waals surface area contributed by atoms with Crippen LogP contribution in [0.3, 0.4) is 0 Å². The Bertz CT molecular complexity index is 743. The van der Waals surface area contributed by atoms with E-state index in [9.17, 15) is 9.59 Å². The first kappa shape index (κ1) is 14.4. The van der Waals surface area contributed by atoms with Crippen LogP contribution < -0.4 is 11.3 Å². The monoisotopic (exact) mass is 313 g/mol. The highest BCUT2D eigenvalue weighted by molar-refractivity contribution is 6.42. The SMILES string of the molecule is Nc1nc(-c2ccc(Cl)c(Cl)c2)[nH]c(=O)c1CC(=O)O. The molecule has 0 fully saturated rings. The number of carbonyl (C=O) groups is 1. The number of benzene rings is 1. The van der Waals surface area contributed by atoms with Crippen molar-refractivity contribution in [1.29, 1.82) is 0 Å². The maximum Gasteiger partial charge on any atom is 0.308 e. The van der Waals surface area contributed by atoms with Crippen LogP contribution in [0.5, 0.6) is 0 Å². The van der Waals surface area contributed by atoms with Crippen molar-refractivity contribution < 1.29 is 9.90 Å². The molecular formula is C12H9Cl2N3O3. The van der Waals surface area contributed by atoms with E-state index in [4.69, 9.17) is 34.0 Å². The lowest BCUT2D eigenvalue weighted by atomic mass is 10.2. The van der Waals surface area contributed by atoms with Crippen molar-refractivity contribution in [3.8, 4) is 11.4 Å². The van der Waals surface area contributed by atoms with Crippen LogP contribution in [0.1, 0.15) is 5.56 Å². The molecule has 4 N–H and O–H groups in total. The van der Waals surface area contributed by atoms with Gasteiger partial charge in [0.1, 0.15) is 11.6 Å². The number of nitrogens with zero attached hydrogens (tertiary/aromatic N) is 1. The predicted octanol–water partition coefficient (Wildman–Crippen LogP) is 1.95. The molecule has 0 aliphatic heterocycles. The van der Waals surface area contributed by atoms with Gasteiger partial charge in [-0.1, -0.05) is 23.2 Å². The average molecular weight is 314 g/mol. The lowest BCUT2D eigenvalue weighted by Crippen LogP contribution is -2.21. The fourth-order valence-electron chi connectivity index (χ4n) is 1.62.